The molecule has 3 aromatic rings. The average Bonchev–Trinajstić information content (AvgIpc) is 3.14. The van der Waals surface area contributed by atoms with Crippen LogP contribution in [0.5, 0.6) is 0 Å². The van der Waals surface area contributed by atoms with E-state index in [0.717, 1.165) is 61.2 Å². The number of fused-ring (bicyclic) bond motifs is 1. The summed E-state index contributed by atoms with van der Waals surface area (Å²) in [4.78, 5) is 4.99. The van der Waals surface area contributed by atoms with Crippen LogP contribution < -0.4 is 4.90 Å². The van der Waals surface area contributed by atoms with E-state index in [4.69, 9.17) is 0 Å². The van der Waals surface area contributed by atoms with Crippen molar-refractivity contribution in [2.75, 3.05) is 38.1 Å². The van der Waals surface area contributed by atoms with Gasteiger partial charge in [-0.2, -0.15) is 0 Å². The van der Waals surface area contributed by atoms with Crippen LogP contribution in [0.4, 0.5) is 5.69 Å². The molecular weight excluding hydrogens is 370 g/mol. The number of aryl methyl sites for hydroxylation is 1. The third-order valence-electron chi connectivity index (χ3n) is 5.54. The normalized spacial score (nSPS) is 16.0. The Morgan fingerprint density at radius 2 is 1.64 bits per heavy atom. The molecule has 1 fully saturated rings. The Kier molecular flexibility index (Phi) is 5.17. The Bertz CT molecular complexity index is 1060. The van der Waals surface area contributed by atoms with Gasteiger partial charge in [0.1, 0.15) is 0 Å². The zero-order chi connectivity index (χ0) is 19.7. The predicted octanol–water partition coefficient (Wildman–Crippen LogP) is 3.58. The minimum atomic E-state index is -3.62. The lowest BCUT2D eigenvalue weighted by Crippen LogP contribution is -2.44. The Morgan fingerprint density at radius 1 is 0.929 bits per heavy atom. The van der Waals surface area contributed by atoms with E-state index in [-0.39, 0.29) is 0 Å². The molecule has 1 saturated heterocycles. The van der Waals surface area contributed by atoms with Crippen molar-refractivity contribution in [3.05, 3.63) is 60.3 Å². The van der Waals surface area contributed by atoms with Crippen molar-refractivity contribution in [2.24, 2.45) is 0 Å². The highest BCUT2D eigenvalue weighted by Gasteiger charge is 2.22. The topological polar surface area (TPSA) is 45.6 Å². The van der Waals surface area contributed by atoms with Gasteiger partial charge in [-0.3, -0.25) is 0 Å². The Labute approximate surface area is 167 Å². The van der Waals surface area contributed by atoms with Crippen molar-refractivity contribution >= 4 is 26.6 Å². The van der Waals surface area contributed by atoms with Gasteiger partial charge in [-0.05, 0) is 49.4 Å². The molecule has 0 radical (unpaired) electrons. The number of hydrogen-bond donors (Lipinski definition) is 0. The maximum Gasteiger partial charge on any atom is 0.268 e. The fourth-order valence-corrected chi connectivity index (χ4v) is 5.24. The van der Waals surface area contributed by atoms with Crippen molar-refractivity contribution in [1.29, 1.82) is 0 Å². The van der Waals surface area contributed by atoms with Crippen LogP contribution in [0.1, 0.15) is 18.9 Å². The first-order valence-electron chi connectivity index (χ1n) is 9.89. The molecule has 148 valence electrons. The van der Waals surface area contributed by atoms with Crippen molar-refractivity contribution in [1.82, 2.24) is 8.87 Å². The quantitative estimate of drug-likeness (QED) is 0.660. The molecule has 28 heavy (non-hydrogen) atoms. The number of hydrogen-bond acceptors (Lipinski definition) is 4. The summed E-state index contributed by atoms with van der Waals surface area (Å²) in [6.45, 7) is 6.05. The van der Waals surface area contributed by atoms with E-state index < -0.39 is 10.0 Å². The summed E-state index contributed by atoms with van der Waals surface area (Å²) >= 11 is 0. The summed E-state index contributed by atoms with van der Waals surface area (Å²) < 4.78 is 27.9. The smallest absolute Gasteiger partial charge is 0.268 e. The maximum atomic E-state index is 13.3. The van der Waals surface area contributed by atoms with E-state index in [1.807, 2.05) is 30.3 Å². The monoisotopic (exact) mass is 397 g/mol. The minimum Gasteiger partial charge on any atom is -0.368 e. The molecule has 0 unspecified atom stereocenters. The number of rotatable bonds is 5. The van der Waals surface area contributed by atoms with Gasteiger partial charge in [0, 0.05) is 43.4 Å². The van der Waals surface area contributed by atoms with E-state index in [2.05, 4.69) is 29.8 Å². The molecule has 4 rings (SSSR count). The van der Waals surface area contributed by atoms with Gasteiger partial charge in [0.15, 0.2) is 0 Å². The van der Waals surface area contributed by atoms with Gasteiger partial charge in [-0.25, -0.2) is 12.4 Å². The maximum absolute atomic E-state index is 13.3. The first kappa shape index (κ1) is 19.0. The average molecular weight is 398 g/mol. The highest BCUT2D eigenvalue weighted by molar-refractivity contribution is 7.90. The molecule has 0 amide bonds. The van der Waals surface area contributed by atoms with Crippen molar-refractivity contribution in [3.8, 4) is 0 Å². The molecule has 0 atom stereocenters. The molecule has 0 spiro atoms. The minimum absolute atomic E-state index is 0.329. The third-order valence-corrected chi connectivity index (χ3v) is 7.24. The molecule has 6 heteroatoms. The number of anilines is 1. The number of likely N-dealkylation sites (N-methyl/N-ethyl adjacent to an activating group) is 1. The van der Waals surface area contributed by atoms with Crippen molar-refractivity contribution in [3.63, 3.8) is 0 Å². The second kappa shape index (κ2) is 7.60. The summed E-state index contributed by atoms with van der Waals surface area (Å²) in [7, 11) is -1.49. The predicted molar refractivity (Wildman–Crippen MR) is 115 cm³/mol. The van der Waals surface area contributed by atoms with E-state index in [1.54, 1.807) is 18.3 Å². The van der Waals surface area contributed by atoms with Gasteiger partial charge in [0.05, 0.1) is 10.4 Å². The van der Waals surface area contributed by atoms with E-state index in [0.29, 0.717) is 4.90 Å². The first-order chi connectivity index (χ1) is 13.5. The molecule has 0 aliphatic carbocycles. The third kappa shape index (κ3) is 3.42. The summed E-state index contributed by atoms with van der Waals surface area (Å²) in [5.41, 5.74) is 3.00. The fourth-order valence-electron chi connectivity index (χ4n) is 3.89. The van der Waals surface area contributed by atoms with Crippen LogP contribution in [0.2, 0.25) is 0 Å². The highest BCUT2D eigenvalue weighted by atomic mass is 32.2. The van der Waals surface area contributed by atoms with Crippen LogP contribution >= 0.6 is 0 Å². The molecule has 1 aliphatic rings. The standard InChI is InChI=1S/C22H27N3O2S/c1-3-5-18-8-10-19(11-9-18)28(26,27)25-13-12-20-21(6-4-7-22(20)25)24-16-14-23(2)15-17-24/h4,6-13H,3,5,14-17H2,1-2H3. The van der Waals surface area contributed by atoms with Gasteiger partial charge in [0.25, 0.3) is 10.0 Å². The highest BCUT2D eigenvalue weighted by Crippen LogP contribution is 2.30. The summed E-state index contributed by atoms with van der Waals surface area (Å²) in [5.74, 6) is 0. The second-order valence-corrected chi connectivity index (χ2v) is 9.33. The Balaban J connectivity index is 1.72. The molecule has 2 heterocycles. The Hall–Kier alpha value is -2.31. The SMILES string of the molecule is CCCc1ccc(S(=O)(=O)n2ccc3c(N4CCN(C)CC4)cccc32)cc1. The number of benzene rings is 2. The molecule has 5 nitrogen and oxygen atoms in total. The van der Waals surface area contributed by atoms with E-state index >= 15 is 0 Å². The summed E-state index contributed by atoms with van der Waals surface area (Å²) in [5, 5.41) is 0.984. The van der Waals surface area contributed by atoms with E-state index in [1.165, 1.54) is 3.97 Å². The van der Waals surface area contributed by atoms with Gasteiger partial charge in [-0.1, -0.05) is 31.5 Å². The lowest BCUT2D eigenvalue weighted by Gasteiger charge is -2.34. The lowest BCUT2D eigenvalue weighted by molar-refractivity contribution is 0.313. The van der Waals surface area contributed by atoms with Gasteiger partial charge in [-0.15, -0.1) is 0 Å². The van der Waals surface area contributed by atoms with Gasteiger partial charge < -0.3 is 9.80 Å². The lowest BCUT2D eigenvalue weighted by atomic mass is 10.1. The van der Waals surface area contributed by atoms with Crippen LogP contribution in [-0.4, -0.2) is 50.5 Å². The zero-order valence-corrected chi connectivity index (χ0v) is 17.3. The Morgan fingerprint density at radius 3 is 2.32 bits per heavy atom. The number of piperazine rings is 1. The largest absolute Gasteiger partial charge is 0.368 e. The molecule has 0 saturated carbocycles. The van der Waals surface area contributed by atoms with Crippen LogP contribution in [-0.2, 0) is 16.4 Å². The van der Waals surface area contributed by atoms with Gasteiger partial charge >= 0.3 is 0 Å². The number of nitrogens with zero attached hydrogens (tertiary/aromatic N) is 3. The molecular formula is C22H27N3O2S. The first-order valence-corrected chi connectivity index (χ1v) is 11.3. The van der Waals surface area contributed by atoms with Crippen LogP contribution in [0.15, 0.2) is 59.6 Å². The molecule has 0 N–H and O–H groups in total. The second-order valence-electron chi connectivity index (χ2n) is 7.51. The van der Waals surface area contributed by atoms with Gasteiger partial charge in [0.2, 0.25) is 0 Å². The number of aromatic nitrogens is 1. The van der Waals surface area contributed by atoms with Crippen molar-refractivity contribution < 1.29 is 8.42 Å². The van der Waals surface area contributed by atoms with Crippen LogP contribution in [0.25, 0.3) is 10.9 Å². The van der Waals surface area contributed by atoms with Crippen LogP contribution in [0, 0.1) is 0 Å². The summed E-state index contributed by atoms with van der Waals surface area (Å²) in [6.07, 6.45) is 3.68. The summed E-state index contributed by atoms with van der Waals surface area (Å²) in [6, 6.07) is 15.1. The molecule has 1 aromatic heterocycles. The van der Waals surface area contributed by atoms with Crippen LogP contribution in [0.3, 0.4) is 0 Å². The van der Waals surface area contributed by atoms with E-state index in [9.17, 15) is 8.42 Å². The molecule has 2 aromatic carbocycles. The molecule has 1 aliphatic heterocycles. The zero-order valence-electron chi connectivity index (χ0n) is 16.5. The molecule has 0 bridgehead atoms. The van der Waals surface area contributed by atoms with Crippen molar-refractivity contribution in [2.45, 2.75) is 24.7 Å². The fraction of sp³-hybridized carbons (Fsp3) is 0.364.